The van der Waals surface area contributed by atoms with E-state index in [0.717, 1.165) is 21.3 Å². The SMILES string of the molecule is CC(=O)Nc1ccc(C(N)c2cncc(Br)c2)cc1. The molecule has 1 amide bonds. The quantitative estimate of drug-likeness (QED) is 0.914. The van der Waals surface area contributed by atoms with E-state index in [0.29, 0.717) is 0 Å². The standard InChI is InChI=1S/C14H14BrN3O/c1-9(19)18-13-4-2-10(3-5-13)14(16)11-6-12(15)8-17-7-11/h2-8,14H,16H2,1H3,(H,18,19). The van der Waals surface area contributed by atoms with Gasteiger partial charge in [-0.2, -0.15) is 0 Å². The summed E-state index contributed by atoms with van der Waals surface area (Å²) in [5, 5.41) is 2.72. The molecule has 98 valence electrons. The van der Waals surface area contributed by atoms with E-state index in [1.54, 1.807) is 12.4 Å². The monoisotopic (exact) mass is 319 g/mol. The molecule has 1 aromatic carbocycles. The Balaban J connectivity index is 2.20. The number of hydrogen-bond donors (Lipinski definition) is 2. The van der Waals surface area contributed by atoms with Crippen molar-refractivity contribution in [3.8, 4) is 0 Å². The van der Waals surface area contributed by atoms with Crippen LogP contribution in [0, 0.1) is 0 Å². The number of hydrogen-bond acceptors (Lipinski definition) is 3. The molecule has 0 bridgehead atoms. The van der Waals surface area contributed by atoms with Gasteiger partial charge in [-0.05, 0) is 45.3 Å². The minimum absolute atomic E-state index is 0.0896. The van der Waals surface area contributed by atoms with Gasteiger partial charge in [0.1, 0.15) is 0 Å². The molecule has 5 heteroatoms. The zero-order valence-electron chi connectivity index (χ0n) is 10.4. The number of carbonyl (C=O) groups is 1. The summed E-state index contributed by atoms with van der Waals surface area (Å²) in [7, 11) is 0. The Morgan fingerprint density at radius 1 is 1.26 bits per heavy atom. The summed E-state index contributed by atoms with van der Waals surface area (Å²) in [6, 6.07) is 9.17. The highest BCUT2D eigenvalue weighted by Crippen LogP contribution is 2.22. The van der Waals surface area contributed by atoms with Crippen molar-refractivity contribution >= 4 is 27.5 Å². The first-order valence-corrected chi connectivity index (χ1v) is 6.59. The van der Waals surface area contributed by atoms with Gasteiger partial charge in [-0.1, -0.05) is 12.1 Å². The molecule has 0 radical (unpaired) electrons. The third-order valence-corrected chi connectivity index (χ3v) is 3.11. The number of nitrogens with zero attached hydrogens (tertiary/aromatic N) is 1. The number of carbonyl (C=O) groups excluding carboxylic acids is 1. The lowest BCUT2D eigenvalue weighted by molar-refractivity contribution is -0.114. The fraction of sp³-hybridized carbons (Fsp3) is 0.143. The highest BCUT2D eigenvalue weighted by Gasteiger charge is 2.09. The normalized spacial score (nSPS) is 11.9. The summed E-state index contributed by atoms with van der Waals surface area (Å²) in [5.74, 6) is -0.0896. The smallest absolute Gasteiger partial charge is 0.221 e. The predicted octanol–water partition coefficient (Wildman–Crippen LogP) is 2.85. The van der Waals surface area contributed by atoms with Crippen molar-refractivity contribution < 1.29 is 4.79 Å². The maximum atomic E-state index is 10.9. The number of nitrogens with one attached hydrogen (secondary N) is 1. The predicted molar refractivity (Wildman–Crippen MR) is 78.7 cm³/mol. The lowest BCUT2D eigenvalue weighted by atomic mass is 10.0. The summed E-state index contributed by atoms with van der Waals surface area (Å²) < 4.78 is 0.898. The topological polar surface area (TPSA) is 68.0 Å². The van der Waals surface area contributed by atoms with E-state index >= 15 is 0 Å². The number of aromatic nitrogens is 1. The molecule has 4 nitrogen and oxygen atoms in total. The van der Waals surface area contributed by atoms with Crippen LogP contribution in [0.15, 0.2) is 47.2 Å². The molecule has 19 heavy (non-hydrogen) atoms. The van der Waals surface area contributed by atoms with Crippen LogP contribution in [0.5, 0.6) is 0 Å². The van der Waals surface area contributed by atoms with Gasteiger partial charge in [0.25, 0.3) is 0 Å². The molecule has 0 saturated heterocycles. The molecule has 0 aliphatic carbocycles. The Morgan fingerprint density at radius 3 is 2.53 bits per heavy atom. The summed E-state index contributed by atoms with van der Waals surface area (Å²) >= 11 is 3.38. The molecule has 0 saturated carbocycles. The van der Waals surface area contributed by atoms with Gasteiger partial charge in [-0.3, -0.25) is 9.78 Å². The molecule has 0 aliphatic rings. The van der Waals surface area contributed by atoms with Crippen LogP contribution in [-0.2, 0) is 4.79 Å². The van der Waals surface area contributed by atoms with Crippen molar-refractivity contribution in [2.75, 3.05) is 5.32 Å². The van der Waals surface area contributed by atoms with Gasteiger partial charge < -0.3 is 11.1 Å². The average Bonchev–Trinajstić information content (AvgIpc) is 2.38. The number of nitrogens with two attached hydrogens (primary N) is 1. The summed E-state index contributed by atoms with van der Waals surface area (Å²) in [6.07, 6.45) is 3.47. The van der Waals surface area contributed by atoms with Crippen LogP contribution >= 0.6 is 15.9 Å². The molecule has 2 rings (SSSR count). The molecule has 1 heterocycles. The van der Waals surface area contributed by atoms with Crippen molar-refractivity contribution in [1.82, 2.24) is 4.98 Å². The van der Waals surface area contributed by atoms with Crippen LogP contribution in [0.1, 0.15) is 24.1 Å². The van der Waals surface area contributed by atoms with Crippen molar-refractivity contribution in [2.24, 2.45) is 5.73 Å². The number of anilines is 1. The molecule has 0 aliphatic heterocycles. The second-order valence-electron chi connectivity index (χ2n) is 4.22. The van der Waals surface area contributed by atoms with Gasteiger partial charge in [0.15, 0.2) is 0 Å². The van der Waals surface area contributed by atoms with Crippen LogP contribution in [0.25, 0.3) is 0 Å². The van der Waals surface area contributed by atoms with Crippen molar-refractivity contribution in [3.05, 3.63) is 58.3 Å². The second-order valence-corrected chi connectivity index (χ2v) is 5.13. The van der Waals surface area contributed by atoms with E-state index in [1.807, 2.05) is 30.3 Å². The Labute approximate surface area is 120 Å². The van der Waals surface area contributed by atoms with Gasteiger partial charge in [0.2, 0.25) is 5.91 Å². The van der Waals surface area contributed by atoms with E-state index in [-0.39, 0.29) is 11.9 Å². The van der Waals surface area contributed by atoms with Crippen LogP contribution in [0.2, 0.25) is 0 Å². The number of halogens is 1. The third kappa shape index (κ3) is 3.62. The lowest BCUT2D eigenvalue weighted by Gasteiger charge is -2.13. The molecular weight excluding hydrogens is 306 g/mol. The number of pyridine rings is 1. The highest BCUT2D eigenvalue weighted by molar-refractivity contribution is 9.10. The second kappa shape index (κ2) is 5.95. The fourth-order valence-electron chi connectivity index (χ4n) is 1.77. The molecule has 3 N–H and O–H groups in total. The van der Waals surface area contributed by atoms with Gasteiger partial charge in [-0.25, -0.2) is 0 Å². The third-order valence-electron chi connectivity index (χ3n) is 2.68. The minimum Gasteiger partial charge on any atom is -0.326 e. The Morgan fingerprint density at radius 2 is 1.95 bits per heavy atom. The van der Waals surface area contributed by atoms with Gasteiger partial charge in [0, 0.05) is 29.5 Å². The molecular formula is C14H14BrN3O. The Bertz CT molecular complexity index is 583. The van der Waals surface area contributed by atoms with Crippen molar-refractivity contribution in [3.63, 3.8) is 0 Å². The molecule has 2 aromatic rings. The molecule has 0 fully saturated rings. The number of rotatable bonds is 3. The molecule has 1 atom stereocenters. The van der Waals surface area contributed by atoms with Crippen LogP contribution in [-0.4, -0.2) is 10.9 Å². The van der Waals surface area contributed by atoms with E-state index in [9.17, 15) is 4.79 Å². The lowest BCUT2D eigenvalue weighted by Crippen LogP contribution is -2.12. The largest absolute Gasteiger partial charge is 0.326 e. The van der Waals surface area contributed by atoms with Crippen molar-refractivity contribution in [1.29, 1.82) is 0 Å². The minimum atomic E-state index is -0.239. The van der Waals surface area contributed by atoms with Gasteiger partial charge >= 0.3 is 0 Å². The zero-order valence-corrected chi connectivity index (χ0v) is 12.0. The molecule has 0 spiro atoms. The van der Waals surface area contributed by atoms with E-state index in [4.69, 9.17) is 5.73 Å². The van der Waals surface area contributed by atoms with E-state index in [2.05, 4.69) is 26.2 Å². The molecule has 1 unspecified atom stereocenters. The summed E-state index contributed by atoms with van der Waals surface area (Å²) in [6.45, 7) is 1.48. The highest BCUT2D eigenvalue weighted by atomic mass is 79.9. The van der Waals surface area contributed by atoms with Crippen LogP contribution in [0.4, 0.5) is 5.69 Å². The van der Waals surface area contributed by atoms with Crippen LogP contribution < -0.4 is 11.1 Å². The average molecular weight is 320 g/mol. The maximum absolute atomic E-state index is 10.9. The van der Waals surface area contributed by atoms with Crippen LogP contribution in [0.3, 0.4) is 0 Å². The number of amides is 1. The Hall–Kier alpha value is -1.72. The van der Waals surface area contributed by atoms with Crippen molar-refractivity contribution in [2.45, 2.75) is 13.0 Å². The number of benzene rings is 1. The summed E-state index contributed by atoms with van der Waals surface area (Å²) in [4.78, 5) is 15.0. The first-order valence-electron chi connectivity index (χ1n) is 5.80. The van der Waals surface area contributed by atoms with Gasteiger partial charge in [-0.15, -0.1) is 0 Å². The fourth-order valence-corrected chi connectivity index (χ4v) is 2.15. The van der Waals surface area contributed by atoms with Gasteiger partial charge in [0.05, 0.1) is 6.04 Å². The zero-order chi connectivity index (χ0) is 13.8. The summed E-state index contributed by atoms with van der Waals surface area (Å²) in [5.41, 5.74) is 8.85. The maximum Gasteiger partial charge on any atom is 0.221 e. The Kier molecular flexibility index (Phi) is 4.29. The van der Waals surface area contributed by atoms with E-state index < -0.39 is 0 Å². The van der Waals surface area contributed by atoms with E-state index in [1.165, 1.54) is 6.92 Å². The molecule has 1 aromatic heterocycles. The first kappa shape index (κ1) is 13.7. The first-order chi connectivity index (χ1) is 9.06.